The Balaban J connectivity index is 0.00000133. The second-order valence-electron chi connectivity index (χ2n) is 4.59. The SMILES string of the molecule is Cl.O=C(C1COCCN1)N1CCc2cc(Br)ccc21. The lowest BCUT2D eigenvalue weighted by Gasteiger charge is -2.27. The molecule has 1 unspecified atom stereocenters. The van der Waals surface area contributed by atoms with Gasteiger partial charge in [0.2, 0.25) is 5.91 Å². The second kappa shape index (κ2) is 6.22. The quantitative estimate of drug-likeness (QED) is 0.841. The average molecular weight is 348 g/mol. The van der Waals surface area contributed by atoms with Crippen LogP contribution in [-0.4, -0.2) is 38.3 Å². The maximum absolute atomic E-state index is 12.4. The summed E-state index contributed by atoms with van der Waals surface area (Å²) in [5, 5.41) is 3.21. The largest absolute Gasteiger partial charge is 0.378 e. The van der Waals surface area contributed by atoms with E-state index >= 15 is 0 Å². The van der Waals surface area contributed by atoms with E-state index in [0.29, 0.717) is 13.2 Å². The number of benzene rings is 1. The van der Waals surface area contributed by atoms with Gasteiger partial charge in [0.1, 0.15) is 6.04 Å². The van der Waals surface area contributed by atoms with Crippen LogP contribution in [0.5, 0.6) is 0 Å². The van der Waals surface area contributed by atoms with Gasteiger partial charge < -0.3 is 15.0 Å². The fourth-order valence-electron chi connectivity index (χ4n) is 2.51. The minimum absolute atomic E-state index is 0. The van der Waals surface area contributed by atoms with Crippen molar-refractivity contribution in [1.82, 2.24) is 5.32 Å². The molecule has 1 fully saturated rings. The summed E-state index contributed by atoms with van der Waals surface area (Å²) in [5.74, 6) is 0.121. The fraction of sp³-hybridized carbons (Fsp3) is 0.462. The van der Waals surface area contributed by atoms with E-state index in [-0.39, 0.29) is 24.4 Å². The zero-order chi connectivity index (χ0) is 12.5. The van der Waals surface area contributed by atoms with Gasteiger partial charge in [-0.15, -0.1) is 12.4 Å². The molecule has 2 aliphatic rings. The highest BCUT2D eigenvalue weighted by atomic mass is 79.9. The number of nitrogens with zero attached hydrogens (tertiary/aromatic N) is 1. The molecule has 1 aromatic carbocycles. The number of fused-ring (bicyclic) bond motifs is 1. The fourth-order valence-corrected chi connectivity index (χ4v) is 2.92. The van der Waals surface area contributed by atoms with Gasteiger partial charge in [0.05, 0.1) is 13.2 Å². The molecule has 1 saturated heterocycles. The number of ether oxygens (including phenoxy) is 1. The molecule has 0 bridgehead atoms. The van der Waals surface area contributed by atoms with E-state index in [1.807, 2.05) is 17.0 Å². The lowest BCUT2D eigenvalue weighted by Crippen LogP contribution is -2.52. The number of halogens is 2. The molecule has 104 valence electrons. The van der Waals surface area contributed by atoms with Gasteiger partial charge in [-0.05, 0) is 30.2 Å². The summed E-state index contributed by atoms with van der Waals surface area (Å²) in [4.78, 5) is 14.3. The second-order valence-corrected chi connectivity index (χ2v) is 5.51. The van der Waals surface area contributed by atoms with Crippen molar-refractivity contribution in [1.29, 1.82) is 0 Å². The van der Waals surface area contributed by atoms with E-state index in [9.17, 15) is 4.79 Å². The minimum Gasteiger partial charge on any atom is -0.378 e. The summed E-state index contributed by atoms with van der Waals surface area (Å²) in [6, 6.07) is 5.88. The van der Waals surface area contributed by atoms with Crippen LogP contribution in [0.3, 0.4) is 0 Å². The monoisotopic (exact) mass is 346 g/mol. The molecule has 0 aromatic heterocycles. The molecule has 0 saturated carbocycles. The maximum atomic E-state index is 12.4. The van der Waals surface area contributed by atoms with E-state index < -0.39 is 0 Å². The van der Waals surface area contributed by atoms with Crippen molar-refractivity contribution in [2.75, 3.05) is 31.2 Å². The lowest BCUT2D eigenvalue weighted by atomic mass is 10.2. The van der Waals surface area contributed by atoms with Gasteiger partial charge in [-0.3, -0.25) is 4.79 Å². The average Bonchev–Trinajstić information content (AvgIpc) is 2.81. The summed E-state index contributed by atoms with van der Waals surface area (Å²) in [6.45, 7) is 2.68. The van der Waals surface area contributed by atoms with Crippen molar-refractivity contribution >= 4 is 39.9 Å². The number of morpholine rings is 1. The van der Waals surface area contributed by atoms with Crippen LogP contribution in [0.1, 0.15) is 5.56 Å². The van der Waals surface area contributed by atoms with Crippen LogP contribution in [0.25, 0.3) is 0 Å². The van der Waals surface area contributed by atoms with Gasteiger partial charge in [0, 0.05) is 23.2 Å². The Bertz CT molecular complexity index is 478. The number of nitrogens with one attached hydrogen (secondary N) is 1. The zero-order valence-corrected chi connectivity index (χ0v) is 12.8. The number of carbonyl (C=O) groups excluding carboxylic acids is 1. The van der Waals surface area contributed by atoms with E-state index in [1.165, 1.54) is 5.56 Å². The third-order valence-corrected chi connectivity index (χ3v) is 3.92. The zero-order valence-electron chi connectivity index (χ0n) is 10.4. The molecule has 1 atom stereocenters. The van der Waals surface area contributed by atoms with Crippen LogP contribution < -0.4 is 10.2 Å². The molecule has 19 heavy (non-hydrogen) atoms. The van der Waals surface area contributed by atoms with E-state index in [2.05, 4.69) is 27.3 Å². The molecule has 2 aliphatic heterocycles. The number of rotatable bonds is 1. The Kier molecular flexibility index (Phi) is 4.84. The van der Waals surface area contributed by atoms with Crippen LogP contribution in [-0.2, 0) is 16.0 Å². The van der Waals surface area contributed by atoms with Crippen molar-refractivity contribution in [2.45, 2.75) is 12.5 Å². The Morgan fingerprint density at radius 1 is 1.47 bits per heavy atom. The first-order chi connectivity index (χ1) is 8.75. The molecular formula is C13H16BrClN2O2. The smallest absolute Gasteiger partial charge is 0.246 e. The van der Waals surface area contributed by atoms with Crippen molar-refractivity contribution in [2.24, 2.45) is 0 Å². The van der Waals surface area contributed by atoms with E-state index in [0.717, 1.165) is 29.7 Å². The van der Waals surface area contributed by atoms with Crippen LogP contribution in [0.15, 0.2) is 22.7 Å². The molecule has 2 heterocycles. The molecular weight excluding hydrogens is 332 g/mol. The third-order valence-electron chi connectivity index (χ3n) is 3.42. The summed E-state index contributed by atoms with van der Waals surface area (Å²) < 4.78 is 6.42. The van der Waals surface area contributed by atoms with Crippen molar-refractivity contribution < 1.29 is 9.53 Å². The molecule has 6 heteroatoms. The van der Waals surface area contributed by atoms with Gasteiger partial charge in [0.15, 0.2) is 0 Å². The van der Waals surface area contributed by atoms with E-state index in [1.54, 1.807) is 0 Å². The van der Waals surface area contributed by atoms with E-state index in [4.69, 9.17) is 4.74 Å². The molecule has 0 spiro atoms. The summed E-state index contributed by atoms with van der Waals surface area (Å²) in [5.41, 5.74) is 2.27. The number of amides is 1. The Morgan fingerprint density at radius 2 is 2.32 bits per heavy atom. The molecule has 0 aliphatic carbocycles. The highest BCUT2D eigenvalue weighted by Gasteiger charge is 2.31. The first-order valence-electron chi connectivity index (χ1n) is 6.16. The minimum atomic E-state index is -0.201. The van der Waals surface area contributed by atoms with Gasteiger partial charge in [-0.1, -0.05) is 15.9 Å². The Morgan fingerprint density at radius 3 is 3.05 bits per heavy atom. The topological polar surface area (TPSA) is 41.6 Å². The first kappa shape index (κ1) is 14.8. The molecule has 3 rings (SSSR count). The molecule has 4 nitrogen and oxygen atoms in total. The van der Waals surface area contributed by atoms with Crippen LogP contribution in [0, 0.1) is 0 Å². The standard InChI is InChI=1S/C13H15BrN2O2.ClH/c14-10-1-2-12-9(7-10)3-5-16(12)13(17)11-8-18-6-4-15-11;/h1-2,7,11,15H,3-6,8H2;1H. The molecule has 1 amide bonds. The van der Waals surface area contributed by atoms with Crippen molar-refractivity contribution in [3.63, 3.8) is 0 Å². The predicted octanol–water partition coefficient (Wildman–Crippen LogP) is 1.75. The molecule has 0 radical (unpaired) electrons. The Hall–Kier alpha value is -0.620. The van der Waals surface area contributed by atoms with Crippen molar-refractivity contribution in [3.05, 3.63) is 28.2 Å². The third kappa shape index (κ3) is 2.94. The van der Waals surface area contributed by atoms with Gasteiger partial charge in [0.25, 0.3) is 0 Å². The van der Waals surface area contributed by atoms with Crippen molar-refractivity contribution in [3.8, 4) is 0 Å². The highest BCUT2D eigenvalue weighted by molar-refractivity contribution is 9.10. The Labute approximate surface area is 127 Å². The highest BCUT2D eigenvalue weighted by Crippen LogP contribution is 2.31. The summed E-state index contributed by atoms with van der Waals surface area (Å²) in [6.07, 6.45) is 0.925. The first-order valence-corrected chi connectivity index (χ1v) is 6.96. The summed E-state index contributed by atoms with van der Waals surface area (Å²) in [7, 11) is 0. The normalized spacial score (nSPS) is 21.7. The maximum Gasteiger partial charge on any atom is 0.246 e. The van der Waals surface area contributed by atoms with Gasteiger partial charge in [-0.25, -0.2) is 0 Å². The van der Waals surface area contributed by atoms with Gasteiger partial charge >= 0.3 is 0 Å². The van der Waals surface area contributed by atoms with Crippen LogP contribution in [0.4, 0.5) is 5.69 Å². The van der Waals surface area contributed by atoms with Gasteiger partial charge in [-0.2, -0.15) is 0 Å². The molecule has 1 aromatic rings. The number of hydrogen-bond acceptors (Lipinski definition) is 3. The number of anilines is 1. The number of carbonyl (C=O) groups is 1. The number of hydrogen-bond donors (Lipinski definition) is 1. The van der Waals surface area contributed by atoms with Crippen LogP contribution in [0.2, 0.25) is 0 Å². The molecule has 1 N–H and O–H groups in total. The van der Waals surface area contributed by atoms with Crippen LogP contribution >= 0.6 is 28.3 Å². The summed E-state index contributed by atoms with van der Waals surface area (Å²) >= 11 is 3.46. The lowest BCUT2D eigenvalue weighted by molar-refractivity contribution is -0.123. The predicted molar refractivity (Wildman–Crippen MR) is 80.1 cm³/mol.